The van der Waals surface area contributed by atoms with Crippen molar-refractivity contribution in [2.45, 2.75) is 19.4 Å². The van der Waals surface area contributed by atoms with Crippen LogP contribution in [0.1, 0.15) is 24.9 Å². The van der Waals surface area contributed by atoms with Gasteiger partial charge in [-0.3, -0.25) is 19.7 Å². The molecule has 0 aromatic heterocycles. The summed E-state index contributed by atoms with van der Waals surface area (Å²) < 4.78 is 0. The van der Waals surface area contributed by atoms with Crippen molar-refractivity contribution in [2.24, 2.45) is 0 Å². The predicted octanol–water partition coefficient (Wildman–Crippen LogP) is 2.51. The number of nitro benzene ring substituents is 1. The molecular formula is C21H24N4O4. The Morgan fingerprint density at radius 3 is 2.21 bits per heavy atom. The van der Waals surface area contributed by atoms with E-state index in [2.05, 4.69) is 10.2 Å². The maximum atomic E-state index is 12.8. The zero-order chi connectivity index (χ0) is 20.8. The summed E-state index contributed by atoms with van der Waals surface area (Å²) in [5, 5.41) is 13.6. The van der Waals surface area contributed by atoms with Gasteiger partial charge in [-0.2, -0.15) is 0 Å². The van der Waals surface area contributed by atoms with E-state index in [9.17, 15) is 19.7 Å². The van der Waals surface area contributed by atoms with Crippen molar-refractivity contribution >= 4 is 23.2 Å². The molecule has 2 amide bonds. The second-order valence-corrected chi connectivity index (χ2v) is 7.01. The van der Waals surface area contributed by atoms with Crippen molar-refractivity contribution in [3.8, 4) is 0 Å². The lowest BCUT2D eigenvalue weighted by Crippen LogP contribution is -2.49. The van der Waals surface area contributed by atoms with E-state index in [-0.39, 0.29) is 30.0 Å². The van der Waals surface area contributed by atoms with Gasteiger partial charge >= 0.3 is 0 Å². The first-order valence-electron chi connectivity index (χ1n) is 9.53. The van der Waals surface area contributed by atoms with Crippen LogP contribution >= 0.6 is 0 Å². The molecule has 152 valence electrons. The number of rotatable bonds is 6. The Hall–Kier alpha value is -3.42. The maximum absolute atomic E-state index is 12.8. The van der Waals surface area contributed by atoms with Gasteiger partial charge in [0, 0.05) is 50.9 Å². The number of piperazine rings is 1. The Kier molecular flexibility index (Phi) is 6.43. The van der Waals surface area contributed by atoms with E-state index in [1.807, 2.05) is 30.3 Å². The molecule has 0 saturated carbocycles. The highest BCUT2D eigenvalue weighted by Gasteiger charge is 2.25. The van der Waals surface area contributed by atoms with E-state index in [1.54, 1.807) is 17.0 Å². The normalized spacial score (nSPS) is 14.9. The number of non-ortho nitro benzene ring substituents is 1. The van der Waals surface area contributed by atoms with Crippen molar-refractivity contribution in [1.29, 1.82) is 0 Å². The summed E-state index contributed by atoms with van der Waals surface area (Å²) in [6.07, 6.45) is 0.209. The van der Waals surface area contributed by atoms with Crippen LogP contribution < -0.4 is 10.2 Å². The average molecular weight is 396 g/mol. The van der Waals surface area contributed by atoms with Crippen LogP contribution in [0.5, 0.6) is 0 Å². The van der Waals surface area contributed by atoms with Crippen molar-refractivity contribution in [2.75, 3.05) is 31.1 Å². The maximum Gasteiger partial charge on any atom is 0.269 e. The number of hydrogen-bond donors (Lipinski definition) is 1. The van der Waals surface area contributed by atoms with Gasteiger partial charge in [-0.1, -0.05) is 30.3 Å². The monoisotopic (exact) mass is 396 g/mol. The lowest BCUT2D eigenvalue weighted by molar-refractivity contribution is -0.384. The van der Waals surface area contributed by atoms with Crippen molar-refractivity contribution in [3.63, 3.8) is 0 Å². The van der Waals surface area contributed by atoms with Crippen LogP contribution in [-0.2, 0) is 9.59 Å². The summed E-state index contributed by atoms with van der Waals surface area (Å²) in [7, 11) is 0. The molecule has 8 heteroatoms. The Labute approximate surface area is 169 Å². The summed E-state index contributed by atoms with van der Waals surface area (Å²) in [6.45, 7) is 3.89. The summed E-state index contributed by atoms with van der Waals surface area (Å²) in [6, 6.07) is 15.6. The van der Waals surface area contributed by atoms with E-state index in [4.69, 9.17) is 0 Å². The third kappa shape index (κ3) is 5.31. The van der Waals surface area contributed by atoms with E-state index < -0.39 is 4.92 Å². The average Bonchev–Trinajstić information content (AvgIpc) is 2.73. The topological polar surface area (TPSA) is 95.8 Å². The number of carbonyl (C=O) groups excluding carboxylic acids is 2. The predicted molar refractivity (Wildman–Crippen MR) is 110 cm³/mol. The fourth-order valence-corrected chi connectivity index (χ4v) is 3.49. The van der Waals surface area contributed by atoms with Crippen LogP contribution in [0.25, 0.3) is 0 Å². The summed E-state index contributed by atoms with van der Waals surface area (Å²) in [5.41, 5.74) is 1.87. The molecule has 1 aliphatic heterocycles. The molecule has 3 rings (SSSR count). The summed E-state index contributed by atoms with van der Waals surface area (Å²) in [4.78, 5) is 38.7. The first-order valence-corrected chi connectivity index (χ1v) is 9.53. The molecule has 1 aliphatic rings. The smallest absolute Gasteiger partial charge is 0.269 e. The highest BCUT2D eigenvalue weighted by atomic mass is 16.6. The van der Waals surface area contributed by atoms with E-state index in [1.165, 1.54) is 19.1 Å². The molecular weight excluding hydrogens is 372 g/mol. The van der Waals surface area contributed by atoms with Gasteiger partial charge in [-0.05, 0) is 17.7 Å². The van der Waals surface area contributed by atoms with Crippen LogP contribution in [0, 0.1) is 10.1 Å². The first kappa shape index (κ1) is 20.3. The van der Waals surface area contributed by atoms with Crippen LogP contribution in [-0.4, -0.2) is 47.8 Å². The molecule has 1 heterocycles. The number of carbonyl (C=O) groups is 2. The molecule has 1 unspecified atom stereocenters. The van der Waals surface area contributed by atoms with Gasteiger partial charge in [0.25, 0.3) is 5.69 Å². The molecule has 1 saturated heterocycles. The molecule has 2 aromatic carbocycles. The third-order valence-electron chi connectivity index (χ3n) is 5.02. The van der Waals surface area contributed by atoms with E-state index in [0.29, 0.717) is 26.2 Å². The largest absolute Gasteiger partial charge is 0.368 e. The van der Waals surface area contributed by atoms with Gasteiger partial charge in [0.2, 0.25) is 11.8 Å². The number of nitrogens with zero attached hydrogens (tertiary/aromatic N) is 3. The number of nitrogens with one attached hydrogen (secondary N) is 1. The SMILES string of the molecule is CC(=O)NC(CC(=O)N1CCN(c2ccc([N+](=O)[O-])cc2)CC1)c1ccccc1. The minimum Gasteiger partial charge on any atom is -0.368 e. The zero-order valence-corrected chi connectivity index (χ0v) is 16.3. The molecule has 0 bridgehead atoms. The second kappa shape index (κ2) is 9.18. The Bertz CT molecular complexity index is 862. The number of anilines is 1. The summed E-state index contributed by atoms with van der Waals surface area (Å²) >= 11 is 0. The van der Waals surface area contributed by atoms with Gasteiger partial charge in [0.05, 0.1) is 17.4 Å². The molecule has 0 radical (unpaired) electrons. The lowest BCUT2D eigenvalue weighted by Gasteiger charge is -2.36. The van der Waals surface area contributed by atoms with Crippen LogP contribution in [0.2, 0.25) is 0 Å². The van der Waals surface area contributed by atoms with Gasteiger partial charge in [0.1, 0.15) is 0 Å². The third-order valence-corrected chi connectivity index (χ3v) is 5.02. The Balaban J connectivity index is 1.58. The van der Waals surface area contributed by atoms with Gasteiger partial charge in [-0.15, -0.1) is 0 Å². The molecule has 0 spiro atoms. The Morgan fingerprint density at radius 1 is 1.03 bits per heavy atom. The van der Waals surface area contributed by atoms with Gasteiger partial charge < -0.3 is 15.1 Å². The van der Waals surface area contributed by atoms with Gasteiger partial charge in [0.15, 0.2) is 0 Å². The van der Waals surface area contributed by atoms with Crippen molar-refractivity contribution in [3.05, 3.63) is 70.3 Å². The standard InChI is InChI=1S/C21H24N4O4/c1-16(26)22-20(17-5-3-2-4-6-17)15-21(27)24-13-11-23(12-14-24)18-7-9-19(10-8-18)25(28)29/h2-10,20H,11-15H2,1H3,(H,22,26). The molecule has 8 nitrogen and oxygen atoms in total. The summed E-state index contributed by atoms with van der Waals surface area (Å²) in [5.74, 6) is -0.175. The molecule has 29 heavy (non-hydrogen) atoms. The van der Waals surface area contributed by atoms with Crippen molar-refractivity contribution in [1.82, 2.24) is 10.2 Å². The molecule has 1 fully saturated rings. The molecule has 1 N–H and O–H groups in total. The Morgan fingerprint density at radius 2 is 1.66 bits per heavy atom. The first-order chi connectivity index (χ1) is 13.9. The number of nitro groups is 1. The van der Waals surface area contributed by atoms with Crippen LogP contribution in [0.4, 0.5) is 11.4 Å². The van der Waals surface area contributed by atoms with E-state index in [0.717, 1.165) is 11.3 Å². The number of benzene rings is 2. The van der Waals surface area contributed by atoms with Crippen molar-refractivity contribution < 1.29 is 14.5 Å². The minimum atomic E-state index is -0.418. The fourth-order valence-electron chi connectivity index (χ4n) is 3.49. The van der Waals surface area contributed by atoms with Crippen LogP contribution in [0.3, 0.4) is 0 Å². The van der Waals surface area contributed by atoms with Crippen LogP contribution in [0.15, 0.2) is 54.6 Å². The quantitative estimate of drug-likeness (QED) is 0.598. The van der Waals surface area contributed by atoms with Gasteiger partial charge in [-0.25, -0.2) is 0 Å². The minimum absolute atomic E-state index is 0.00375. The second-order valence-electron chi connectivity index (χ2n) is 7.01. The zero-order valence-electron chi connectivity index (χ0n) is 16.3. The highest BCUT2D eigenvalue weighted by molar-refractivity contribution is 5.79. The van der Waals surface area contributed by atoms with E-state index >= 15 is 0 Å². The molecule has 1 atom stereocenters. The lowest BCUT2D eigenvalue weighted by atomic mass is 10.0. The molecule has 0 aliphatic carbocycles. The highest BCUT2D eigenvalue weighted by Crippen LogP contribution is 2.22. The number of hydrogen-bond acceptors (Lipinski definition) is 5. The fraction of sp³-hybridized carbons (Fsp3) is 0.333. The molecule has 2 aromatic rings. The number of amides is 2.